The summed E-state index contributed by atoms with van der Waals surface area (Å²) in [5.41, 5.74) is 0. The molecule has 0 aromatic heterocycles. The zero-order valence-electron chi connectivity index (χ0n) is 12.6. The summed E-state index contributed by atoms with van der Waals surface area (Å²) >= 11 is 0. The Balaban J connectivity index is 2.54. The van der Waals surface area contributed by atoms with E-state index in [0.717, 1.165) is 32.4 Å². The van der Waals surface area contributed by atoms with Crippen LogP contribution in [0.25, 0.3) is 0 Å². The normalized spacial score (nSPS) is 22.3. The maximum atomic E-state index is 12.2. The van der Waals surface area contributed by atoms with Gasteiger partial charge in [-0.3, -0.25) is 0 Å². The summed E-state index contributed by atoms with van der Waals surface area (Å²) in [6, 6.07) is 0.123. The SMILES string of the molecule is CC(C)CC(CN(C)C)NS(=O)(=O)CC1CCCN1. The van der Waals surface area contributed by atoms with E-state index in [1.54, 1.807) is 0 Å². The smallest absolute Gasteiger partial charge is 0.213 e. The van der Waals surface area contributed by atoms with E-state index in [1.165, 1.54) is 0 Å². The number of nitrogens with one attached hydrogen (secondary N) is 2. The van der Waals surface area contributed by atoms with Crippen LogP contribution < -0.4 is 10.0 Å². The van der Waals surface area contributed by atoms with Gasteiger partial charge in [0, 0.05) is 18.6 Å². The number of hydrogen-bond acceptors (Lipinski definition) is 4. The molecule has 0 amide bonds. The molecule has 2 unspecified atom stereocenters. The second kappa shape index (κ2) is 7.57. The van der Waals surface area contributed by atoms with Crippen LogP contribution in [0.5, 0.6) is 0 Å². The largest absolute Gasteiger partial charge is 0.313 e. The minimum absolute atomic E-state index is 0.00130. The summed E-state index contributed by atoms with van der Waals surface area (Å²) in [5, 5.41) is 3.24. The van der Waals surface area contributed by atoms with Crippen LogP contribution in [0.3, 0.4) is 0 Å². The molecule has 5 nitrogen and oxygen atoms in total. The monoisotopic (exact) mass is 291 g/mol. The van der Waals surface area contributed by atoms with Gasteiger partial charge in [-0.1, -0.05) is 13.8 Å². The van der Waals surface area contributed by atoms with E-state index in [4.69, 9.17) is 0 Å². The third-order valence-electron chi connectivity index (χ3n) is 3.27. The van der Waals surface area contributed by atoms with Crippen molar-refractivity contribution in [2.24, 2.45) is 5.92 Å². The van der Waals surface area contributed by atoms with Crippen molar-refractivity contribution < 1.29 is 8.42 Å². The highest BCUT2D eigenvalue weighted by Crippen LogP contribution is 2.10. The molecule has 0 aromatic rings. The van der Waals surface area contributed by atoms with Crippen LogP contribution in [-0.4, -0.2) is 58.3 Å². The van der Waals surface area contributed by atoms with E-state index >= 15 is 0 Å². The quantitative estimate of drug-likeness (QED) is 0.689. The molecule has 0 saturated carbocycles. The van der Waals surface area contributed by atoms with Crippen LogP contribution in [0.2, 0.25) is 0 Å². The highest BCUT2D eigenvalue weighted by Gasteiger charge is 2.25. The fourth-order valence-electron chi connectivity index (χ4n) is 2.64. The molecule has 1 aliphatic heterocycles. The number of nitrogens with zero attached hydrogens (tertiary/aromatic N) is 1. The van der Waals surface area contributed by atoms with Gasteiger partial charge in [-0.15, -0.1) is 0 Å². The van der Waals surface area contributed by atoms with Crippen molar-refractivity contribution in [1.29, 1.82) is 0 Å². The van der Waals surface area contributed by atoms with Crippen molar-refractivity contribution in [2.75, 3.05) is 32.9 Å². The molecule has 2 N–H and O–H groups in total. The molecule has 1 rings (SSSR count). The van der Waals surface area contributed by atoms with Gasteiger partial charge >= 0.3 is 0 Å². The van der Waals surface area contributed by atoms with Crippen molar-refractivity contribution in [2.45, 2.75) is 45.2 Å². The van der Waals surface area contributed by atoms with Crippen molar-refractivity contribution in [3.63, 3.8) is 0 Å². The van der Waals surface area contributed by atoms with Gasteiger partial charge < -0.3 is 10.2 Å². The first-order chi connectivity index (χ1) is 8.78. The molecular formula is C13H29N3O2S. The van der Waals surface area contributed by atoms with Crippen molar-refractivity contribution in [3.8, 4) is 0 Å². The Bertz CT molecular complexity index is 339. The van der Waals surface area contributed by atoms with E-state index in [-0.39, 0.29) is 17.8 Å². The average Bonchev–Trinajstić information content (AvgIpc) is 2.65. The predicted molar refractivity (Wildman–Crippen MR) is 79.7 cm³/mol. The number of rotatable bonds is 8. The zero-order valence-corrected chi connectivity index (χ0v) is 13.5. The Morgan fingerprint density at radius 1 is 1.37 bits per heavy atom. The molecular weight excluding hydrogens is 262 g/mol. The molecule has 0 bridgehead atoms. The molecule has 2 atom stereocenters. The molecule has 19 heavy (non-hydrogen) atoms. The molecule has 0 spiro atoms. The summed E-state index contributed by atoms with van der Waals surface area (Å²) < 4.78 is 27.3. The Morgan fingerprint density at radius 2 is 2.05 bits per heavy atom. The Hall–Kier alpha value is -0.170. The molecule has 114 valence electrons. The summed E-state index contributed by atoms with van der Waals surface area (Å²) in [4.78, 5) is 2.03. The summed E-state index contributed by atoms with van der Waals surface area (Å²) in [7, 11) is 0.750. The van der Waals surface area contributed by atoms with Crippen LogP contribution in [0, 0.1) is 5.92 Å². The van der Waals surface area contributed by atoms with Crippen LogP contribution in [0.15, 0.2) is 0 Å². The minimum Gasteiger partial charge on any atom is -0.313 e. The van der Waals surface area contributed by atoms with E-state index in [2.05, 4.69) is 23.9 Å². The van der Waals surface area contributed by atoms with Crippen LogP contribution in [-0.2, 0) is 10.0 Å². The molecule has 1 fully saturated rings. The highest BCUT2D eigenvalue weighted by molar-refractivity contribution is 7.89. The number of hydrogen-bond donors (Lipinski definition) is 2. The molecule has 0 aliphatic carbocycles. The fourth-order valence-corrected chi connectivity index (χ4v) is 4.22. The average molecular weight is 291 g/mol. The summed E-state index contributed by atoms with van der Waals surface area (Å²) in [6.07, 6.45) is 2.91. The molecule has 1 aliphatic rings. The third kappa shape index (κ3) is 7.25. The van der Waals surface area contributed by atoms with Crippen LogP contribution in [0.1, 0.15) is 33.1 Å². The van der Waals surface area contributed by atoms with Gasteiger partial charge in [-0.05, 0) is 45.8 Å². The maximum absolute atomic E-state index is 12.2. The maximum Gasteiger partial charge on any atom is 0.213 e. The lowest BCUT2D eigenvalue weighted by molar-refractivity contribution is 0.329. The summed E-state index contributed by atoms with van der Waals surface area (Å²) in [5.74, 6) is 0.687. The molecule has 1 saturated heterocycles. The van der Waals surface area contributed by atoms with E-state index in [0.29, 0.717) is 5.92 Å². The molecule has 0 aromatic carbocycles. The second-order valence-corrected chi connectivity index (χ2v) is 8.08. The Labute approximate surface area is 118 Å². The topological polar surface area (TPSA) is 61.4 Å². The molecule has 6 heteroatoms. The minimum atomic E-state index is -3.19. The van der Waals surface area contributed by atoms with Crippen molar-refractivity contribution >= 4 is 10.0 Å². The van der Waals surface area contributed by atoms with Gasteiger partial charge in [0.1, 0.15) is 0 Å². The zero-order chi connectivity index (χ0) is 14.5. The van der Waals surface area contributed by atoms with Gasteiger partial charge in [0.2, 0.25) is 10.0 Å². The van der Waals surface area contributed by atoms with Crippen molar-refractivity contribution in [3.05, 3.63) is 0 Å². The van der Waals surface area contributed by atoms with Gasteiger partial charge in [-0.25, -0.2) is 13.1 Å². The number of sulfonamides is 1. The van der Waals surface area contributed by atoms with Crippen LogP contribution >= 0.6 is 0 Å². The third-order valence-corrected chi connectivity index (χ3v) is 4.80. The Kier molecular flexibility index (Phi) is 6.73. The van der Waals surface area contributed by atoms with E-state index < -0.39 is 10.0 Å². The van der Waals surface area contributed by atoms with Gasteiger partial charge in [-0.2, -0.15) is 0 Å². The molecule has 1 heterocycles. The predicted octanol–water partition coefficient (Wildman–Crippen LogP) is 0.634. The highest BCUT2D eigenvalue weighted by atomic mass is 32.2. The lowest BCUT2D eigenvalue weighted by atomic mass is 10.0. The lowest BCUT2D eigenvalue weighted by Crippen LogP contribution is -2.45. The fraction of sp³-hybridized carbons (Fsp3) is 1.00. The molecule has 0 radical (unpaired) electrons. The first kappa shape index (κ1) is 16.9. The van der Waals surface area contributed by atoms with Crippen molar-refractivity contribution in [1.82, 2.24) is 14.9 Å². The second-order valence-electron chi connectivity index (χ2n) is 6.28. The van der Waals surface area contributed by atoms with Gasteiger partial charge in [0.15, 0.2) is 0 Å². The van der Waals surface area contributed by atoms with Crippen LogP contribution in [0.4, 0.5) is 0 Å². The van der Waals surface area contributed by atoms with Gasteiger partial charge in [0.05, 0.1) is 5.75 Å². The number of likely N-dealkylation sites (N-methyl/N-ethyl adjacent to an activating group) is 1. The van der Waals surface area contributed by atoms with E-state index in [9.17, 15) is 8.42 Å². The lowest BCUT2D eigenvalue weighted by Gasteiger charge is -2.24. The first-order valence-electron chi connectivity index (χ1n) is 7.16. The van der Waals surface area contributed by atoms with Gasteiger partial charge in [0.25, 0.3) is 0 Å². The summed E-state index contributed by atoms with van der Waals surface area (Å²) in [6.45, 7) is 5.92. The Morgan fingerprint density at radius 3 is 2.53 bits per heavy atom. The van der Waals surface area contributed by atoms with E-state index in [1.807, 2.05) is 19.0 Å². The standard InChI is InChI=1S/C13H29N3O2S/c1-11(2)8-13(9-16(3)4)15-19(17,18)10-12-6-5-7-14-12/h11-15H,5-10H2,1-4H3. The first-order valence-corrected chi connectivity index (χ1v) is 8.82.